The van der Waals surface area contributed by atoms with Gasteiger partial charge in [-0.2, -0.15) is 0 Å². The minimum Gasteiger partial charge on any atom is -0.507 e. The smallest absolute Gasteiger partial charge is 0.328 e. The van der Waals surface area contributed by atoms with Gasteiger partial charge in [-0.1, -0.05) is 13.8 Å². The van der Waals surface area contributed by atoms with Crippen LogP contribution < -0.4 is 0 Å². The highest BCUT2D eigenvalue weighted by atomic mass is 16.4. The SMILES string of the molecule is CCc1cc(/C(C)=C\C(=O)O)cc(CC)c1O. The van der Waals surface area contributed by atoms with Crippen molar-refractivity contribution in [3.8, 4) is 5.75 Å². The average Bonchev–Trinajstić information content (AvgIpc) is 2.28. The molecule has 1 rings (SSSR count). The Labute approximate surface area is 101 Å². The number of allylic oxidation sites excluding steroid dienone is 1. The van der Waals surface area contributed by atoms with E-state index in [0.717, 1.165) is 29.5 Å². The Kier molecular flexibility index (Phi) is 4.32. The molecule has 0 aliphatic carbocycles. The van der Waals surface area contributed by atoms with Crippen LogP contribution in [0.15, 0.2) is 18.2 Å². The molecule has 0 aliphatic heterocycles. The molecular formula is C14H18O3. The van der Waals surface area contributed by atoms with Crippen molar-refractivity contribution >= 4 is 11.5 Å². The van der Waals surface area contributed by atoms with Crippen LogP contribution in [-0.2, 0) is 17.6 Å². The summed E-state index contributed by atoms with van der Waals surface area (Å²) in [5.41, 5.74) is 3.27. The first-order chi connectivity index (χ1) is 7.99. The van der Waals surface area contributed by atoms with Gasteiger partial charge in [-0.25, -0.2) is 4.79 Å². The first-order valence-electron chi connectivity index (χ1n) is 5.75. The predicted octanol–water partition coefficient (Wildman–Crippen LogP) is 3.00. The number of hydrogen-bond acceptors (Lipinski definition) is 2. The lowest BCUT2D eigenvalue weighted by atomic mass is 9.97. The Hall–Kier alpha value is -1.77. The third kappa shape index (κ3) is 3.09. The minimum atomic E-state index is -0.952. The van der Waals surface area contributed by atoms with Gasteiger partial charge in [0.05, 0.1) is 0 Å². The van der Waals surface area contributed by atoms with Gasteiger partial charge in [0, 0.05) is 6.08 Å². The van der Waals surface area contributed by atoms with E-state index in [2.05, 4.69) is 0 Å². The number of hydrogen-bond donors (Lipinski definition) is 2. The summed E-state index contributed by atoms with van der Waals surface area (Å²) in [6.45, 7) is 5.70. The lowest BCUT2D eigenvalue weighted by Gasteiger charge is -2.11. The second kappa shape index (κ2) is 5.53. The van der Waals surface area contributed by atoms with Crippen molar-refractivity contribution in [3.63, 3.8) is 0 Å². The molecule has 1 aromatic rings. The third-order valence-electron chi connectivity index (χ3n) is 2.82. The Morgan fingerprint density at radius 2 is 1.71 bits per heavy atom. The van der Waals surface area contributed by atoms with Gasteiger partial charge in [-0.3, -0.25) is 0 Å². The van der Waals surface area contributed by atoms with Crippen LogP contribution >= 0.6 is 0 Å². The van der Waals surface area contributed by atoms with E-state index >= 15 is 0 Å². The van der Waals surface area contributed by atoms with E-state index in [1.54, 1.807) is 6.92 Å². The minimum absolute atomic E-state index is 0.335. The van der Waals surface area contributed by atoms with Gasteiger partial charge >= 0.3 is 5.97 Å². The lowest BCUT2D eigenvalue weighted by molar-refractivity contribution is -0.131. The number of benzene rings is 1. The summed E-state index contributed by atoms with van der Waals surface area (Å²) in [6, 6.07) is 3.70. The highest BCUT2D eigenvalue weighted by Crippen LogP contribution is 2.28. The summed E-state index contributed by atoms with van der Waals surface area (Å²) in [4.78, 5) is 10.6. The Morgan fingerprint density at radius 3 is 2.06 bits per heavy atom. The molecule has 0 unspecified atom stereocenters. The van der Waals surface area contributed by atoms with Gasteiger partial charge in [-0.15, -0.1) is 0 Å². The van der Waals surface area contributed by atoms with E-state index in [1.807, 2.05) is 26.0 Å². The van der Waals surface area contributed by atoms with Crippen LogP contribution in [-0.4, -0.2) is 16.2 Å². The van der Waals surface area contributed by atoms with Gasteiger partial charge in [0.1, 0.15) is 5.75 Å². The number of carboxylic acids is 1. The van der Waals surface area contributed by atoms with Gasteiger partial charge in [0.25, 0.3) is 0 Å². The molecule has 1 aromatic carbocycles. The van der Waals surface area contributed by atoms with E-state index < -0.39 is 5.97 Å². The molecule has 0 radical (unpaired) electrons. The van der Waals surface area contributed by atoms with Crippen molar-refractivity contribution in [3.05, 3.63) is 34.9 Å². The van der Waals surface area contributed by atoms with Crippen LogP contribution in [0.2, 0.25) is 0 Å². The summed E-state index contributed by atoms with van der Waals surface area (Å²) >= 11 is 0. The van der Waals surface area contributed by atoms with Crippen LogP contribution in [0.25, 0.3) is 5.57 Å². The molecule has 0 heterocycles. The van der Waals surface area contributed by atoms with Crippen molar-refractivity contribution in [1.29, 1.82) is 0 Å². The highest BCUT2D eigenvalue weighted by Gasteiger charge is 2.09. The molecule has 0 fully saturated rings. The van der Waals surface area contributed by atoms with Crippen LogP contribution in [0.3, 0.4) is 0 Å². The molecule has 3 nitrogen and oxygen atoms in total. The van der Waals surface area contributed by atoms with Crippen LogP contribution in [0.5, 0.6) is 5.75 Å². The fraction of sp³-hybridized carbons (Fsp3) is 0.357. The zero-order valence-corrected chi connectivity index (χ0v) is 10.4. The number of rotatable bonds is 4. The predicted molar refractivity (Wildman–Crippen MR) is 68.1 cm³/mol. The van der Waals surface area contributed by atoms with Gasteiger partial charge < -0.3 is 10.2 Å². The topological polar surface area (TPSA) is 57.5 Å². The van der Waals surface area contributed by atoms with Crippen molar-refractivity contribution in [2.45, 2.75) is 33.6 Å². The molecule has 0 spiro atoms. The van der Waals surface area contributed by atoms with Crippen molar-refractivity contribution in [1.82, 2.24) is 0 Å². The van der Waals surface area contributed by atoms with Crippen LogP contribution in [0, 0.1) is 0 Å². The number of aryl methyl sites for hydroxylation is 2. The number of carbonyl (C=O) groups is 1. The van der Waals surface area contributed by atoms with Crippen molar-refractivity contribution in [2.24, 2.45) is 0 Å². The number of phenols is 1. The first-order valence-corrected chi connectivity index (χ1v) is 5.75. The van der Waals surface area contributed by atoms with E-state index in [4.69, 9.17) is 5.11 Å². The lowest BCUT2D eigenvalue weighted by Crippen LogP contribution is -1.95. The second-order valence-corrected chi connectivity index (χ2v) is 4.02. The summed E-state index contributed by atoms with van der Waals surface area (Å²) < 4.78 is 0. The summed E-state index contributed by atoms with van der Waals surface area (Å²) in [6.07, 6.45) is 2.64. The molecule has 3 heteroatoms. The Bertz CT molecular complexity index is 434. The van der Waals surface area contributed by atoms with E-state index in [0.29, 0.717) is 11.3 Å². The molecular weight excluding hydrogens is 216 g/mol. The number of carboxylic acid groups (broad SMARTS) is 1. The summed E-state index contributed by atoms with van der Waals surface area (Å²) in [5.74, 6) is -0.617. The van der Waals surface area contributed by atoms with Gasteiger partial charge in [-0.05, 0) is 54.2 Å². The van der Waals surface area contributed by atoms with Crippen molar-refractivity contribution < 1.29 is 15.0 Å². The van der Waals surface area contributed by atoms with Crippen LogP contribution in [0.4, 0.5) is 0 Å². The molecule has 0 saturated carbocycles. The summed E-state index contributed by atoms with van der Waals surface area (Å²) in [5, 5.41) is 18.7. The first kappa shape index (κ1) is 13.3. The van der Waals surface area contributed by atoms with Gasteiger partial charge in [0.15, 0.2) is 0 Å². The zero-order chi connectivity index (χ0) is 13.0. The van der Waals surface area contributed by atoms with Gasteiger partial charge in [0.2, 0.25) is 0 Å². The average molecular weight is 234 g/mol. The molecule has 0 amide bonds. The number of phenolic OH excluding ortho intramolecular Hbond substituents is 1. The number of aromatic hydroxyl groups is 1. The maximum Gasteiger partial charge on any atom is 0.328 e. The molecule has 92 valence electrons. The second-order valence-electron chi connectivity index (χ2n) is 4.02. The fourth-order valence-corrected chi connectivity index (χ4v) is 1.80. The zero-order valence-electron chi connectivity index (χ0n) is 10.4. The maximum absolute atomic E-state index is 10.6. The fourth-order valence-electron chi connectivity index (χ4n) is 1.80. The maximum atomic E-state index is 10.6. The Morgan fingerprint density at radius 1 is 1.24 bits per heavy atom. The quantitative estimate of drug-likeness (QED) is 0.787. The van der Waals surface area contributed by atoms with Crippen molar-refractivity contribution in [2.75, 3.05) is 0 Å². The molecule has 17 heavy (non-hydrogen) atoms. The molecule has 0 saturated heterocycles. The molecule has 0 bridgehead atoms. The standard InChI is InChI=1S/C14H18O3/c1-4-10-7-12(9(3)6-13(15)16)8-11(5-2)14(10)17/h6-8,17H,4-5H2,1-3H3,(H,15,16)/b9-6-. The Balaban J connectivity index is 3.31. The molecule has 0 aromatic heterocycles. The third-order valence-corrected chi connectivity index (χ3v) is 2.82. The van der Waals surface area contributed by atoms with E-state index in [1.165, 1.54) is 6.08 Å². The monoisotopic (exact) mass is 234 g/mol. The molecule has 0 atom stereocenters. The van der Waals surface area contributed by atoms with Crippen LogP contribution in [0.1, 0.15) is 37.5 Å². The molecule has 2 N–H and O–H groups in total. The normalized spacial score (nSPS) is 11.6. The molecule has 0 aliphatic rings. The highest BCUT2D eigenvalue weighted by molar-refractivity contribution is 5.89. The largest absolute Gasteiger partial charge is 0.507 e. The summed E-state index contributed by atoms with van der Waals surface area (Å²) in [7, 11) is 0. The van der Waals surface area contributed by atoms with E-state index in [-0.39, 0.29) is 0 Å². The number of aliphatic carboxylic acids is 1. The van der Waals surface area contributed by atoms with E-state index in [9.17, 15) is 9.90 Å².